The van der Waals surface area contributed by atoms with E-state index in [1.54, 1.807) is 7.05 Å². The topological polar surface area (TPSA) is 101 Å². The first-order valence-electron chi connectivity index (χ1n) is 5.84. The average molecular weight is 274 g/mol. The van der Waals surface area contributed by atoms with Gasteiger partial charge in [-0.3, -0.25) is 5.10 Å². The Morgan fingerprint density at radius 1 is 1.67 bits per heavy atom. The fourth-order valence-electron chi connectivity index (χ4n) is 2.07. The largest absolute Gasteiger partial charge is 0.383 e. The zero-order chi connectivity index (χ0) is 13.2. The van der Waals surface area contributed by atoms with Crippen molar-refractivity contribution in [3.05, 3.63) is 6.20 Å². The first-order chi connectivity index (χ1) is 8.51. The van der Waals surface area contributed by atoms with Crippen molar-refractivity contribution in [2.45, 2.75) is 17.7 Å². The lowest BCUT2D eigenvalue weighted by molar-refractivity contribution is 0.0495. The fraction of sp³-hybridized carbons (Fsp3) is 0.700. The molecule has 2 heterocycles. The van der Waals surface area contributed by atoms with Crippen LogP contribution in [0.5, 0.6) is 0 Å². The summed E-state index contributed by atoms with van der Waals surface area (Å²) in [7, 11) is -2.01. The van der Waals surface area contributed by atoms with Crippen molar-refractivity contribution >= 4 is 15.8 Å². The van der Waals surface area contributed by atoms with Gasteiger partial charge < -0.3 is 10.5 Å². The van der Waals surface area contributed by atoms with Gasteiger partial charge in [-0.15, -0.1) is 0 Å². The van der Waals surface area contributed by atoms with Crippen molar-refractivity contribution in [1.29, 1.82) is 0 Å². The minimum atomic E-state index is -3.57. The molecule has 7 nitrogen and oxygen atoms in total. The zero-order valence-corrected chi connectivity index (χ0v) is 11.1. The van der Waals surface area contributed by atoms with E-state index < -0.39 is 10.0 Å². The number of hydrogen-bond acceptors (Lipinski definition) is 5. The van der Waals surface area contributed by atoms with Crippen molar-refractivity contribution in [3.8, 4) is 0 Å². The van der Waals surface area contributed by atoms with Gasteiger partial charge in [-0.25, -0.2) is 12.7 Å². The number of H-pyrrole nitrogens is 1. The predicted octanol–water partition coefficient (Wildman–Crippen LogP) is 0.0390. The molecular formula is C10H18N4O3S. The molecule has 0 bridgehead atoms. The lowest BCUT2D eigenvalue weighted by atomic mass is 10.0. The molecule has 0 aliphatic carbocycles. The maximum Gasteiger partial charge on any atom is 0.248 e. The summed E-state index contributed by atoms with van der Waals surface area (Å²) in [5.74, 6) is 0.313. The first kappa shape index (κ1) is 13.3. The van der Waals surface area contributed by atoms with E-state index in [4.69, 9.17) is 10.5 Å². The monoisotopic (exact) mass is 274 g/mol. The van der Waals surface area contributed by atoms with E-state index in [0.29, 0.717) is 13.2 Å². The van der Waals surface area contributed by atoms with E-state index in [9.17, 15) is 8.42 Å². The van der Waals surface area contributed by atoms with Crippen molar-refractivity contribution < 1.29 is 13.2 Å². The number of nitrogens with two attached hydrogens (primary N) is 1. The van der Waals surface area contributed by atoms with Crippen LogP contribution in [0.2, 0.25) is 0 Å². The van der Waals surface area contributed by atoms with Gasteiger partial charge in [0, 0.05) is 20.2 Å². The molecule has 1 aromatic heterocycles. The second-order valence-electron chi connectivity index (χ2n) is 4.52. The molecule has 1 aromatic rings. The van der Waals surface area contributed by atoms with Gasteiger partial charge in [0.25, 0.3) is 0 Å². The quantitative estimate of drug-likeness (QED) is 0.807. The summed E-state index contributed by atoms with van der Waals surface area (Å²) in [5, 5.41) is 6.07. The highest BCUT2D eigenvalue weighted by Crippen LogP contribution is 2.21. The molecule has 2 rings (SSSR count). The Morgan fingerprint density at radius 3 is 3.00 bits per heavy atom. The molecule has 1 atom stereocenters. The van der Waals surface area contributed by atoms with Crippen LogP contribution in [-0.4, -0.2) is 49.7 Å². The van der Waals surface area contributed by atoms with Crippen LogP contribution in [0.4, 0.5) is 5.82 Å². The smallest absolute Gasteiger partial charge is 0.248 e. The highest BCUT2D eigenvalue weighted by Gasteiger charge is 2.27. The van der Waals surface area contributed by atoms with E-state index in [1.165, 1.54) is 10.5 Å². The molecule has 1 saturated heterocycles. The number of nitrogen functional groups attached to an aromatic ring is 1. The third-order valence-electron chi connectivity index (χ3n) is 3.09. The Kier molecular flexibility index (Phi) is 3.88. The highest BCUT2D eigenvalue weighted by atomic mass is 32.2. The number of anilines is 1. The lowest BCUT2D eigenvalue weighted by Gasteiger charge is -2.26. The molecule has 0 spiro atoms. The third kappa shape index (κ3) is 2.65. The Labute approximate surface area is 106 Å². The molecule has 0 amide bonds. The minimum absolute atomic E-state index is 0.0294. The fourth-order valence-corrected chi connectivity index (χ4v) is 3.32. The number of ether oxygens (including phenoxy) is 1. The summed E-state index contributed by atoms with van der Waals surface area (Å²) in [6, 6.07) is 0. The number of rotatable bonds is 4. The molecule has 1 fully saturated rings. The number of sulfonamides is 1. The van der Waals surface area contributed by atoms with Crippen LogP contribution < -0.4 is 5.73 Å². The minimum Gasteiger partial charge on any atom is -0.383 e. The Balaban J connectivity index is 2.08. The first-order valence-corrected chi connectivity index (χ1v) is 7.28. The zero-order valence-electron chi connectivity index (χ0n) is 10.3. The highest BCUT2D eigenvalue weighted by molar-refractivity contribution is 7.89. The second kappa shape index (κ2) is 5.25. The van der Waals surface area contributed by atoms with Crippen LogP contribution in [0.3, 0.4) is 0 Å². The summed E-state index contributed by atoms with van der Waals surface area (Å²) in [4.78, 5) is 0.0294. The van der Waals surface area contributed by atoms with Gasteiger partial charge in [0.15, 0.2) is 0 Å². The lowest BCUT2D eigenvalue weighted by Crippen LogP contribution is -2.35. The van der Waals surface area contributed by atoms with E-state index in [0.717, 1.165) is 19.4 Å². The molecule has 1 unspecified atom stereocenters. The molecule has 3 N–H and O–H groups in total. The van der Waals surface area contributed by atoms with Crippen LogP contribution >= 0.6 is 0 Å². The van der Waals surface area contributed by atoms with Gasteiger partial charge in [-0.2, -0.15) is 5.10 Å². The van der Waals surface area contributed by atoms with E-state index >= 15 is 0 Å². The Bertz CT molecular complexity index is 493. The Morgan fingerprint density at radius 2 is 2.44 bits per heavy atom. The molecule has 0 saturated carbocycles. The van der Waals surface area contributed by atoms with Crippen molar-refractivity contribution in [2.24, 2.45) is 5.92 Å². The maximum atomic E-state index is 12.2. The van der Waals surface area contributed by atoms with Crippen molar-refractivity contribution in [2.75, 3.05) is 32.5 Å². The van der Waals surface area contributed by atoms with E-state index in [-0.39, 0.29) is 16.6 Å². The summed E-state index contributed by atoms with van der Waals surface area (Å²) in [6.07, 6.45) is 3.20. The van der Waals surface area contributed by atoms with E-state index in [2.05, 4.69) is 10.2 Å². The SMILES string of the molecule is CN(CC1CCCOC1)S(=O)(=O)c1cn[nH]c1N. The van der Waals surface area contributed by atoms with Gasteiger partial charge >= 0.3 is 0 Å². The van der Waals surface area contributed by atoms with Crippen molar-refractivity contribution in [3.63, 3.8) is 0 Å². The van der Waals surface area contributed by atoms with E-state index in [1.807, 2.05) is 0 Å². The number of nitrogens with zero attached hydrogens (tertiary/aromatic N) is 2. The van der Waals surface area contributed by atoms with Gasteiger partial charge in [0.05, 0.1) is 12.8 Å². The maximum absolute atomic E-state index is 12.2. The average Bonchev–Trinajstić information content (AvgIpc) is 2.77. The van der Waals surface area contributed by atoms with Gasteiger partial charge in [-0.05, 0) is 18.8 Å². The molecule has 1 aliphatic heterocycles. The molecule has 8 heteroatoms. The van der Waals surface area contributed by atoms with Crippen LogP contribution in [0.1, 0.15) is 12.8 Å². The summed E-state index contributed by atoms with van der Waals surface area (Å²) in [5.41, 5.74) is 5.55. The molecule has 0 radical (unpaired) electrons. The van der Waals surface area contributed by atoms with Crippen LogP contribution in [0.15, 0.2) is 11.1 Å². The molecule has 0 aromatic carbocycles. The summed E-state index contributed by atoms with van der Waals surface area (Å²) >= 11 is 0. The normalized spacial score (nSPS) is 21.3. The predicted molar refractivity (Wildman–Crippen MR) is 66.4 cm³/mol. The van der Waals surface area contributed by atoms with Crippen molar-refractivity contribution in [1.82, 2.24) is 14.5 Å². The van der Waals surface area contributed by atoms with Crippen LogP contribution in [-0.2, 0) is 14.8 Å². The van der Waals surface area contributed by atoms with Gasteiger partial charge in [0.1, 0.15) is 10.7 Å². The molecule has 1 aliphatic rings. The number of aromatic amines is 1. The Hall–Kier alpha value is -1.12. The number of hydrogen-bond donors (Lipinski definition) is 2. The number of nitrogens with one attached hydrogen (secondary N) is 1. The molecule has 102 valence electrons. The third-order valence-corrected chi connectivity index (χ3v) is 4.94. The van der Waals surface area contributed by atoms with Crippen LogP contribution in [0, 0.1) is 5.92 Å². The second-order valence-corrected chi connectivity index (χ2v) is 6.53. The van der Waals surface area contributed by atoms with Gasteiger partial charge in [0.2, 0.25) is 10.0 Å². The van der Waals surface area contributed by atoms with Gasteiger partial charge in [-0.1, -0.05) is 0 Å². The number of aromatic nitrogens is 2. The molecular weight excluding hydrogens is 256 g/mol. The summed E-state index contributed by atoms with van der Waals surface area (Å²) < 4.78 is 31.1. The molecule has 18 heavy (non-hydrogen) atoms. The van der Waals surface area contributed by atoms with Crippen LogP contribution in [0.25, 0.3) is 0 Å². The standard InChI is InChI=1S/C10H18N4O3S/c1-14(6-8-3-2-4-17-7-8)18(15,16)9-5-12-13-10(9)11/h5,8H,2-4,6-7H2,1H3,(H3,11,12,13). The summed E-state index contributed by atoms with van der Waals surface area (Å²) in [6.45, 7) is 1.81.